The third kappa shape index (κ3) is 7.68. The van der Waals surface area contributed by atoms with Gasteiger partial charge in [0.2, 0.25) is 28.6 Å². The summed E-state index contributed by atoms with van der Waals surface area (Å²) >= 11 is 0. The minimum absolute atomic E-state index is 0.0931. The molecule has 1 atom stereocenters. The normalized spacial score (nSPS) is 15.9. The van der Waals surface area contributed by atoms with E-state index in [2.05, 4.69) is 5.32 Å². The lowest BCUT2D eigenvalue weighted by Crippen LogP contribution is -2.51. The second-order valence-electron chi connectivity index (χ2n) is 10.8. The maximum absolute atomic E-state index is 13.7. The molecule has 40 heavy (non-hydrogen) atoms. The van der Waals surface area contributed by atoms with Crippen LogP contribution in [-0.2, 0) is 26.2 Å². The van der Waals surface area contributed by atoms with Crippen LogP contribution < -0.4 is 19.1 Å². The summed E-state index contributed by atoms with van der Waals surface area (Å²) in [6.45, 7) is 4.45. The van der Waals surface area contributed by atoms with Crippen LogP contribution in [0.3, 0.4) is 0 Å². The summed E-state index contributed by atoms with van der Waals surface area (Å²) in [7, 11) is -3.61. The molecule has 2 aromatic rings. The van der Waals surface area contributed by atoms with Crippen molar-refractivity contribution in [2.75, 3.05) is 23.9 Å². The molecule has 0 unspecified atom stereocenters. The lowest BCUT2D eigenvalue weighted by atomic mass is 9.95. The Labute approximate surface area is 237 Å². The van der Waals surface area contributed by atoms with Gasteiger partial charge >= 0.3 is 0 Å². The first-order valence-electron chi connectivity index (χ1n) is 14.2. The number of fused-ring (bicyclic) bond motifs is 1. The van der Waals surface area contributed by atoms with E-state index in [1.807, 2.05) is 38.1 Å². The average Bonchev–Trinajstić information content (AvgIpc) is 3.39. The van der Waals surface area contributed by atoms with Crippen LogP contribution in [0.4, 0.5) is 5.69 Å². The van der Waals surface area contributed by atoms with Crippen molar-refractivity contribution in [1.82, 2.24) is 10.2 Å². The highest BCUT2D eigenvalue weighted by Gasteiger charge is 2.30. The fourth-order valence-corrected chi connectivity index (χ4v) is 6.47. The smallest absolute Gasteiger partial charge is 0.243 e. The van der Waals surface area contributed by atoms with Gasteiger partial charge in [0.25, 0.3) is 0 Å². The van der Waals surface area contributed by atoms with E-state index < -0.39 is 16.1 Å². The molecule has 10 heteroatoms. The van der Waals surface area contributed by atoms with Crippen LogP contribution in [0.25, 0.3) is 0 Å². The Kier molecular flexibility index (Phi) is 9.95. The van der Waals surface area contributed by atoms with Crippen molar-refractivity contribution in [1.29, 1.82) is 0 Å². The number of hydrogen-bond donors (Lipinski definition) is 1. The number of ether oxygens (including phenoxy) is 2. The Morgan fingerprint density at radius 3 is 2.50 bits per heavy atom. The van der Waals surface area contributed by atoms with E-state index in [-0.39, 0.29) is 37.6 Å². The zero-order valence-electron chi connectivity index (χ0n) is 23.7. The summed E-state index contributed by atoms with van der Waals surface area (Å²) in [5.74, 6) is 0.761. The second kappa shape index (κ2) is 13.4. The fraction of sp³-hybridized carbons (Fsp3) is 0.533. The van der Waals surface area contributed by atoms with Gasteiger partial charge in [-0.05, 0) is 50.3 Å². The Hall–Kier alpha value is -3.27. The van der Waals surface area contributed by atoms with Crippen molar-refractivity contribution >= 4 is 27.5 Å². The molecule has 1 N–H and O–H groups in total. The third-order valence-electron chi connectivity index (χ3n) is 7.57. The number of carbonyl (C=O) groups excluding carboxylic acids is 2. The van der Waals surface area contributed by atoms with Gasteiger partial charge in [0, 0.05) is 31.6 Å². The largest absolute Gasteiger partial charge is 0.454 e. The highest BCUT2D eigenvalue weighted by Crippen LogP contribution is 2.36. The van der Waals surface area contributed by atoms with E-state index in [4.69, 9.17) is 9.47 Å². The molecular weight excluding hydrogens is 530 g/mol. The molecule has 0 saturated heterocycles. The van der Waals surface area contributed by atoms with E-state index in [9.17, 15) is 18.0 Å². The lowest BCUT2D eigenvalue weighted by molar-refractivity contribution is -0.141. The van der Waals surface area contributed by atoms with Crippen molar-refractivity contribution in [2.24, 2.45) is 0 Å². The number of aryl methyl sites for hydroxylation is 1. The molecule has 1 aliphatic carbocycles. The number of hydrogen-bond acceptors (Lipinski definition) is 6. The average molecular weight is 572 g/mol. The fourth-order valence-electron chi connectivity index (χ4n) is 5.52. The maximum Gasteiger partial charge on any atom is 0.243 e. The van der Waals surface area contributed by atoms with E-state index in [1.54, 1.807) is 23.1 Å². The van der Waals surface area contributed by atoms with Crippen LogP contribution in [-0.4, -0.2) is 56.8 Å². The molecule has 218 valence electrons. The van der Waals surface area contributed by atoms with Crippen LogP contribution in [0.2, 0.25) is 0 Å². The van der Waals surface area contributed by atoms with Crippen LogP contribution >= 0.6 is 0 Å². The first-order chi connectivity index (χ1) is 19.2. The molecule has 2 amide bonds. The first-order valence-corrected chi connectivity index (χ1v) is 16.0. The molecule has 4 rings (SSSR count). The van der Waals surface area contributed by atoms with E-state index >= 15 is 0 Å². The van der Waals surface area contributed by atoms with E-state index in [0.29, 0.717) is 36.6 Å². The number of anilines is 1. The number of sulfonamides is 1. The van der Waals surface area contributed by atoms with Crippen molar-refractivity contribution < 1.29 is 27.5 Å². The SMILES string of the molecule is CC[C@H](C(=O)NC1CCCCC1)N(Cc1cccc(C)c1)C(=O)CCCN(c1ccc2c(c1)OCO2)S(C)(=O)=O. The van der Waals surface area contributed by atoms with Crippen LogP contribution in [0.15, 0.2) is 42.5 Å². The molecule has 9 nitrogen and oxygen atoms in total. The van der Waals surface area contributed by atoms with Gasteiger partial charge < -0.3 is 19.7 Å². The van der Waals surface area contributed by atoms with E-state index in [1.165, 1.54) is 10.7 Å². The van der Waals surface area contributed by atoms with Gasteiger partial charge in [-0.3, -0.25) is 13.9 Å². The van der Waals surface area contributed by atoms with Gasteiger partial charge in [-0.2, -0.15) is 0 Å². The number of nitrogens with one attached hydrogen (secondary N) is 1. The Morgan fingerprint density at radius 1 is 1.05 bits per heavy atom. The minimum Gasteiger partial charge on any atom is -0.454 e. The third-order valence-corrected chi connectivity index (χ3v) is 8.76. The number of amides is 2. The summed E-state index contributed by atoms with van der Waals surface area (Å²) in [5.41, 5.74) is 2.49. The molecule has 0 bridgehead atoms. The lowest BCUT2D eigenvalue weighted by Gasteiger charge is -2.33. The van der Waals surface area contributed by atoms with Gasteiger partial charge in [0.15, 0.2) is 11.5 Å². The van der Waals surface area contributed by atoms with Crippen molar-refractivity contribution in [3.63, 3.8) is 0 Å². The summed E-state index contributed by atoms with van der Waals surface area (Å²) in [6.07, 6.45) is 7.38. The Morgan fingerprint density at radius 2 is 1.80 bits per heavy atom. The minimum atomic E-state index is -3.61. The first kappa shape index (κ1) is 29.7. The summed E-state index contributed by atoms with van der Waals surface area (Å²) in [6, 6.07) is 12.5. The number of nitrogens with zero attached hydrogens (tertiary/aromatic N) is 2. The molecule has 1 heterocycles. The van der Waals surface area contributed by atoms with Gasteiger partial charge in [0.05, 0.1) is 11.9 Å². The van der Waals surface area contributed by atoms with Crippen molar-refractivity contribution in [2.45, 2.75) is 83.8 Å². The monoisotopic (exact) mass is 571 g/mol. The number of carbonyl (C=O) groups is 2. The molecule has 1 aliphatic heterocycles. The molecule has 2 aromatic carbocycles. The standard InChI is InChI=1S/C30H41N3O6S/c1-4-26(30(35)31-24-12-6-5-7-13-24)32(20-23-11-8-10-22(2)18-23)29(34)14-9-17-33(40(3,36)37)25-15-16-27-28(19-25)39-21-38-27/h8,10-11,15-16,18-19,24,26H,4-7,9,12-14,17,20-21H2,1-3H3,(H,31,35)/t26-/m1/s1. The zero-order valence-corrected chi connectivity index (χ0v) is 24.5. The highest BCUT2D eigenvalue weighted by atomic mass is 32.2. The molecule has 1 fully saturated rings. The molecule has 0 spiro atoms. The molecule has 0 aromatic heterocycles. The molecule has 2 aliphatic rings. The number of benzene rings is 2. The number of rotatable bonds is 12. The van der Waals surface area contributed by atoms with Crippen LogP contribution in [0, 0.1) is 6.92 Å². The van der Waals surface area contributed by atoms with Crippen LogP contribution in [0.5, 0.6) is 11.5 Å². The molecular formula is C30H41N3O6S. The van der Waals surface area contributed by atoms with Gasteiger partial charge in [-0.15, -0.1) is 0 Å². The topological polar surface area (TPSA) is 105 Å². The summed E-state index contributed by atoms with van der Waals surface area (Å²) in [5, 5.41) is 3.20. The van der Waals surface area contributed by atoms with Gasteiger partial charge in [-0.25, -0.2) is 8.42 Å². The predicted octanol–water partition coefficient (Wildman–Crippen LogP) is 4.53. The highest BCUT2D eigenvalue weighted by molar-refractivity contribution is 7.92. The van der Waals surface area contributed by atoms with Crippen LogP contribution in [0.1, 0.15) is 69.4 Å². The quantitative estimate of drug-likeness (QED) is 0.402. The molecule has 1 saturated carbocycles. The second-order valence-corrected chi connectivity index (χ2v) is 12.7. The maximum atomic E-state index is 13.7. The summed E-state index contributed by atoms with van der Waals surface area (Å²) in [4.78, 5) is 28.8. The van der Waals surface area contributed by atoms with Crippen molar-refractivity contribution in [3.05, 3.63) is 53.6 Å². The summed E-state index contributed by atoms with van der Waals surface area (Å²) < 4.78 is 37.3. The van der Waals surface area contributed by atoms with Gasteiger partial charge in [0.1, 0.15) is 6.04 Å². The van der Waals surface area contributed by atoms with Crippen molar-refractivity contribution in [3.8, 4) is 11.5 Å². The predicted molar refractivity (Wildman–Crippen MR) is 155 cm³/mol. The molecule has 0 radical (unpaired) electrons. The zero-order chi connectivity index (χ0) is 28.7. The Balaban J connectivity index is 1.48. The van der Waals surface area contributed by atoms with E-state index in [0.717, 1.165) is 43.1 Å². The Bertz CT molecular complexity index is 1290. The van der Waals surface area contributed by atoms with Gasteiger partial charge in [-0.1, -0.05) is 56.0 Å².